The summed E-state index contributed by atoms with van der Waals surface area (Å²) in [6.45, 7) is 6.39. The zero-order valence-corrected chi connectivity index (χ0v) is 9.39. The van der Waals surface area contributed by atoms with E-state index < -0.39 is 0 Å². The van der Waals surface area contributed by atoms with Crippen LogP contribution in [0.2, 0.25) is 5.02 Å². The molecule has 1 aromatic carbocycles. The van der Waals surface area contributed by atoms with E-state index >= 15 is 0 Å². The van der Waals surface area contributed by atoms with E-state index in [-0.39, 0.29) is 0 Å². The van der Waals surface area contributed by atoms with Crippen molar-refractivity contribution in [3.8, 4) is 0 Å². The van der Waals surface area contributed by atoms with E-state index in [2.05, 4.69) is 38.8 Å². The number of hydrogen-bond donors (Lipinski definition) is 0. The quantitative estimate of drug-likeness (QED) is 0.702. The van der Waals surface area contributed by atoms with Crippen molar-refractivity contribution in [3.05, 3.63) is 28.8 Å². The Morgan fingerprint density at radius 2 is 1.92 bits per heavy atom. The summed E-state index contributed by atoms with van der Waals surface area (Å²) in [5.74, 6) is 0. The SMILES string of the molecule is Cc1cccc(Cl)c1N(C)C(C)C. The van der Waals surface area contributed by atoms with Gasteiger partial charge in [-0.1, -0.05) is 23.7 Å². The van der Waals surface area contributed by atoms with Crippen LogP contribution in [-0.4, -0.2) is 13.1 Å². The van der Waals surface area contributed by atoms with Crippen molar-refractivity contribution < 1.29 is 0 Å². The average molecular weight is 198 g/mol. The largest absolute Gasteiger partial charge is 0.371 e. The Hall–Kier alpha value is -0.690. The first-order chi connectivity index (χ1) is 6.04. The summed E-state index contributed by atoms with van der Waals surface area (Å²) in [5, 5.41) is 0.830. The Bertz CT molecular complexity index is 274. The maximum atomic E-state index is 6.13. The molecule has 0 aliphatic rings. The molecule has 13 heavy (non-hydrogen) atoms. The third-order valence-corrected chi connectivity index (χ3v) is 2.62. The van der Waals surface area contributed by atoms with Crippen LogP contribution >= 0.6 is 11.6 Å². The number of nitrogens with zero attached hydrogens (tertiary/aromatic N) is 1. The predicted octanol–water partition coefficient (Wildman–Crippen LogP) is 3.49. The lowest BCUT2D eigenvalue weighted by atomic mass is 10.1. The molecule has 0 bridgehead atoms. The Balaban J connectivity index is 3.12. The van der Waals surface area contributed by atoms with Crippen LogP contribution in [0, 0.1) is 6.92 Å². The van der Waals surface area contributed by atoms with E-state index in [1.165, 1.54) is 5.56 Å². The molecule has 0 atom stereocenters. The molecule has 72 valence electrons. The van der Waals surface area contributed by atoms with Gasteiger partial charge in [-0.25, -0.2) is 0 Å². The molecule has 1 aromatic rings. The number of halogens is 1. The summed E-state index contributed by atoms with van der Waals surface area (Å²) in [7, 11) is 2.07. The number of anilines is 1. The molecule has 0 amide bonds. The van der Waals surface area contributed by atoms with Crippen molar-refractivity contribution in [1.29, 1.82) is 0 Å². The van der Waals surface area contributed by atoms with Crippen molar-refractivity contribution >= 4 is 17.3 Å². The van der Waals surface area contributed by atoms with Crippen LogP contribution in [0.5, 0.6) is 0 Å². The lowest BCUT2D eigenvalue weighted by Gasteiger charge is -2.26. The smallest absolute Gasteiger partial charge is 0.0642 e. The van der Waals surface area contributed by atoms with Gasteiger partial charge in [-0.2, -0.15) is 0 Å². The van der Waals surface area contributed by atoms with Gasteiger partial charge in [0.2, 0.25) is 0 Å². The molecule has 0 unspecified atom stereocenters. The maximum Gasteiger partial charge on any atom is 0.0642 e. The summed E-state index contributed by atoms with van der Waals surface area (Å²) in [6.07, 6.45) is 0. The first-order valence-electron chi connectivity index (χ1n) is 4.52. The average Bonchev–Trinajstić information content (AvgIpc) is 2.03. The number of aryl methyl sites for hydroxylation is 1. The molecule has 1 nitrogen and oxygen atoms in total. The molecular formula is C11H16ClN. The van der Waals surface area contributed by atoms with E-state index in [0.29, 0.717) is 6.04 Å². The lowest BCUT2D eigenvalue weighted by Crippen LogP contribution is -2.26. The second-order valence-corrected chi connectivity index (χ2v) is 4.02. The fraction of sp³-hybridized carbons (Fsp3) is 0.455. The number of rotatable bonds is 2. The first-order valence-corrected chi connectivity index (χ1v) is 4.89. The van der Waals surface area contributed by atoms with Gasteiger partial charge in [0.1, 0.15) is 0 Å². The van der Waals surface area contributed by atoms with Crippen LogP contribution in [0.15, 0.2) is 18.2 Å². The zero-order valence-electron chi connectivity index (χ0n) is 8.63. The highest BCUT2D eigenvalue weighted by atomic mass is 35.5. The zero-order chi connectivity index (χ0) is 10.0. The van der Waals surface area contributed by atoms with Gasteiger partial charge in [-0.05, 0) is 32.4 Å². The van der Waals surface area contributed by atoms with Crippen LogP contribution in [0.25, 0.3) is 0 Å². The molecule has 2 heteroatoms. The summed E-state index contributed by atoms with van der Waals surface area (Å²) in [6, 6.07) is 6.47. The standard InChI is InChI=1S/C11H16ClN/c1-8(2)13(4)11-9(3)6-5-7-10(11)12/h5-8H,1-4H3. The van der Waals surface area contributed by atoms with Crippen molar-refractivity contribution in [1.82, 2.24) is 0 Å². The number of para-hydroxylation sites is 1. The topological polar surface area (TPSA) is 3.24 Å². The molecule has 0 saturated heterocycles. The minimum Gasteiger partial charge on any atom is -0.371 e. The highest BCUT2D eigenvalue weighted by Gasteiger charge is 2.10. The monoisotopic (exact) mass is 197 g/mol. The first kappa shape index (κ1) is 10.4. The molecule has 0 aromatic heterocycles. The molecule has 0 fully saturated rings. The minimum atomic E-state index is 0.471. The fourth-order valence-corrected chi connectivity index (χ4v) is 1.68. The molecule has 0 aliphatic heterocycles. The summed E-state index contributed by atoms with van der Waals surface area (Å²) < 4.78 is 0. The molecule has 0 saturated carbocycles. The van der Waals surface area contributed by atoms with Gasteiger partial charge in [0.05, 0.1) is 10.7 Å². The molecule has 0 aliphatic carbocycles. The molecule has 0 N–H and O–H groups in total. The van der Waals surface area contributed by atoms with Crippen molar-refractivity contribution in [2.75, 3.05) is 11.9 Å². The Kier molecular flexibility index (Phi) is 3.21. The van der Waals surface area contributed by atoms with E-state index in [0.717, 1.165) is 10.7 Å². The van der Waals surface area contributed by atoms with Gasteiger partial charge in [0.25, 0.3) is 0 Å². The van der Waals surface area contributed by atoms with Crippen LogP contribution in [0.3, 0.4) is 0 Å². The Morgan fingerprint density at radius 1 is 1.31 bits per heavy atom. The molecule has 0 heterocycles. The molecular weight excluding hydrogens is 182 g/mol. The highest BCUT2D eigenvalue weighted by molar-refractivity contribution is 6.33. The lowest BCUT2D eigenvalue weighted by molar-refractivity contribution is 0.752. The van der Waals surface area contributed by atoms with E-state index in [9.17, 15) is 0 Å². The van der Waals surface area contributed by atoms with Crippen LogP contribution in [0.4, 0.5) is 5.69 Å². The molecule has 0 spiro atoms. The Labute approximate surface area is 85.3 Å². The van der Waals surface area contributed by atoms with E-state index in [4.69, 9.17) is 11.6 Å². The van der Waals surface area contributed by atoms with E-state index in [1.807, 2.05) is 12.1 Å². The van der Waals surface area contributed by atoms with E-state index in [1.54, 1.807) is 0 Å². The van der Waals surface area contributed by atoms with Crippen molar-refractivity contribution in [3.63, 3.8) is 0 Å². The van der Waals surface area contributed by atoms with Crippen LogP contribution in [-0.2, 0) is 0 Å². The summed E-state index contributed by atoms with van der Waals surface area (Å²) >= 11 is 6.13. The third kappa shape index (κ3) is 2.16. The van der Waals surface area contributed by atoms with Gasteiger partial charge < -0.3 is 4.90 Å². The van der Waals surface area contributed by atoms with Crippen molar-refractivity contribution in [2.45, 2.75) is 26.8 Å². The van der Waals surface area contributed by atoms with Crippen LogP contribution in [0.1, 0.15) is 19.4 Å². The van der Waals surface area contributed by atoms with Gasteiger partial charge in [-0.15, -0.1) is 0 Å². The Morgan fingerprint density at radius 3 is 2.38 bits per heavy atom. The second-order valence-electron chi connectivity index (χ2n) is 3.61. The van der Waals surface area contributed by atoms with Gasteiger partial charge >= 0.3 is 0 Å². The predicted molar refractivity (Wildman–Crippen MR) is 59.7 cm³/mol. The molecule has 1 rings (SSSR count). The summed E-state index contributed by atoms with van der Waals surface area (Å²) in [4.78, 5) is 2.19. The molecule has 0 radical (unpaired) electrons. The fourth-order valence-electron chi connectivity index (χ4n) is 1.33. The minimum absolute atomic E-state index is 0.471. The maximum absolute atomic E-state index is 6.13. The van der Waals surface area contributed by atoms with Crippen LogP contribution < -0.4 is 4.90 Å². The van der Waals surface area contributed by atoms with Crippen molar-refractivity contribution in [2.24, 2.45) is 0 Å². The summed E-state index contributed by atoms with van der Waals surface area (Å²) in [5.41, 5.74) is 2.36. The highest BCUT2D eigenvalue weighted by Crippen LogP contribution is 2.29. The van der Waals surface area contributed by atoms with Gasteiger partial charge in [0, 0.05) is 13.1 Å². The number of benzene rings is 1. The van der Waals surface area contributed by atoms with Gasteiger partial charge in [0.15, 0.2) is 0 Å². The number of hydrogen-bond acceptors (Lipinski definition) is 1. The van der Waals surface area contributed by atoms with Gasteiger partial charge in [-0.3, -0.25) is 0 Å². The third-order valence-electron chi connectivity index (χ3n) is 2.32. The second kappa shape index (κ2) is 4.01. The normalized spacial score (nSPS) is 10.6.